The third kappa shape index (κ3) is 6.25. The number of ether oxygens (including phenoxy) is 2. The number of hydrogen-bond donors (Lipinski definition) is 1. The van der Waals surface area contributed by atoms with Gasteiger partial charge in [-0.2, -0.15) is 0 Å². The Morgan fingerprint density at radius 2 is 1.80 bits per heavy atom. The molecule has 9 nitrogen and oxygen atoms in total. The van der Waals surface area contributed by atoms with Gasteiger partial charge in [-0.25, -0.2) is 8.42 Å². The van der Waals surface area contributed by atoms with E-state index in [4.69, 9.17) is 9.47 Å². The van der Waals surface area contributed by atoms with Gasteiger partial charge in [0.15, 0.2) is 11.5 Å². The number of nitrogens with zero attached hydrogens (tertiary/aromatic N) is 2. The van der Waals surface area contributed by atoms with Crippen LogP contribution in [0.5, 0.6) is 11.5 Å². The van der Waals surface area contributed by atoms with Crippen LogP contribution in [0.4, 0.5) is 5.69 Å². The molecule has 35 heavy (non-hydrogen) atoms. The Morgan fingerprint density at radius 3 is 2.46 bits per heavy atom. The van der Waals surface area contributed by atoms with Gasteiger partial charge in [0, 0.05) is 19.2 Å². The van der Waals surface area contributed by atoms with Crippen molar-refractivity contribution in [1.29, 1.82) is 0 Å². The zero-order valence-electron chi connectivity index (χ0n) is 20.6. The van der Waals surface area contributed by atoms with Gasteiger partial charge in [0.2, 0.25) is 28.6 Å². The van der Waals surface area contributed by atoms with Crippen LogP contribution in [0.2, 0.25) is 0 Å². The second-order valence-corrected chi connectivity index (χ2v) is 10.5. The van der Waals surface area contributed by atoms with Crippen LogP contribution >= 0.6 is 0 Å². The summed E-state index contributed by atoms with van der Waals surface area (Å²) in [6, 6.07) is 11.7. The highest BCUT2D eigenvalue weighted by molar-refractivity contribution is 7.92. The molecule has 1 aliphatic heterocycles. The van der Waals surface area contributed by atoms with Crippen LogP contribution in [0.15, 0.2) is 42.5 Å². The van der Waals surface area contributed by atoms with Gasteiger partial charge >= 0.3 is 0 Å². The maximum absolute atomic E-state index is 13.7. The molecule has 0 aromatic heterocycles. The lowest BCUT2D eigenvalue weighted by Gasteiger charge is -2.33. The number of sulfonamides is 1. The van der Waals surface area contributed by atoms with E-state index in [0.717, 1.165) is 15.4 Å². The van der Waals surface area contributed by atoms with Gasteiger partial charge in [-0.15, -0.1) is 0 Å². The molecule has 0 unspecified atom stereocenters. The fourth-order valence-electron chi connectivity index (χ4n) is 3.98. The highest BCUT2D eigenvalue weighted by Gasteiger charge is 2.32. The van der Waals surface area contributed by atoms with Crippen molar-refractivity contribution in [2.75, 3.05) is 29.9 Å². The molecule has 1 atom stereocenters. The highest BCUT2D eigenvalue weighted by Crippen LogP contribution is 2.36. The van der Waals surface area contributed by atoms with E-state index >= 15 is 0 Å². The lowest BCUT2D eigenvalue weighted by Crippen LogP contribution is -2.52. The minimum Gasteiger partial charge on any atom is -0.454 e. The summed E-state index contributed by atoms with van der Waals surface area (Å²) in [6.07, 6.45) is 0.383. The Balaban J connectivity index is 1.97. The summed E-state index contributed by atoms with van der Waals surface area (Å²) in [6.45, 7) is 7.32. The molecule has 0 aliphatic carbocycles. The molecule has 0 fully saturated rings. The number of carbonyl (C=O) groups excluding carboxylic acids is 2. The number of fused-ring (bicyclic) bond motifs is 1. The molecule has 0 spiro atoms. The standard InChI is InChI=1S/C25H33N3O6S/c1-5-21(25(30)26-6-2)27(15-19-10-8-9-18(4)13-19)24(29)16-28(35(31,32)7-3)20-11-12-22-23(14-20)34-17-33-22/h8-14,21H,5-7,15-17H2,1-4H3,(H,26,30)/t21-/m1/s1. The first-order chi connectivity index (χ1) is 16.7. The van der Waals surface area contributed by atoms with Crippen LogP contribution in [0.3, 0.4) is 0 Å². The molecule has 0 bridgehead atoms. The average Bonchev–Trinajstić information content (AvgIpc) is 3.30. The van der Waals surface area contributed by atoms with E-state index in [2.05, 4.69) is 5.32 Å². The highest BCUT2D eigenvalue weighted by atomic mass is 32.2. The van der Waals surface area contributed by atoms with Gasteiger partial charge in [0.25, 0.3) is 0 Å². The van der Waals surface area contributed by atoms with Gasteiger partial charge in [-0.1, -0.05) is 36.8 Å². The SMILES string of the molecule is CCNC(=O)[C@@H](CC)N(Cc1cccc(C)c1)C(=O)CN(c1ccc2c(c1)OCO2)S(=O)(=O)CC. The monoisotopic (exact) mass is 503 g/mol. The van der Waals surface area contributed by atoms with Gasteiger partial charge in [0.05, 0.1) is 11.4 Å². The molecular weight excluding hydrogens is 470 g/mol. The number of amides is 2. The predicted octanol–water partition coefficient (Wildman–Crippen LogP) is 2.82. The Hall–Kier alpha value is -3.27. The summed E-state index contributed by atoms with van der Waals surface area (Å²) in [5.74, 6) is -0.0164. The van der Waals surface area contributed by atoms with E-state index in [0.29, 0.717) is 30.2 Å². The summed E-state index contributed by atoms with van der Waals surface area (Å²) < 4.78 is 37.9. The van der Waals surface area contributed by atoms with Crippen LogP contribution in [0.25, 0.3) is 0 Å². The van der Waals surface area contributed by atoms with E-state index in [-0.39, 0.29) is 25.0 Å². The quantitative estimate of drug-likeness (QED) is 0.506. The number of carbonyl (C=O) groups is 2. The Morgan fingerprint density at radius 1 is 1.06 bits per heavy atom. The number of aryl methyl sites for hydroxylation is 1. The van der Waals surface area contributed by atoms with Crippen molar-refractivity contribution >= 4 is 27.5 Å². The van der Waals surface area contributed by atoms with Gasteiger partial charge < -0.3 is 19.7 Å². The van der Waals surface area contributed by atoms with Gasteiger partial charge in [0.1, 0.15) is 12.6 Å². The molecule has 2 aromatic rings. The predicted molar refractivity (Wildman–Crippen MR) is 134 cm³/mol. The van der Waals surface area contributed by atoms with Crippen LogP contribution in [0, 0.1) is 6.92 Å². The fourth-order valence-corrected chi connectivity index (χ4v) is 5.03. The molecule has 1 N–H and O–H groups in total. The molecule has 1 heterocycles. The summed E-state index contributed by atoms with van der Waals surface area (Å²) in [4.78, 5) is 28.0. The molecule has 2 aromatic carbocycles. The Labute approximate surface area is 207 Å². The van der Waals surface area contributed by atoms with Crippen molar-refractivity contribution < 1.29 is 27.5 Å². The van der Waals surface area contributed by atoms with Crippen LogP contribution in [-0.2, 0) is 26.2 Å². The second kappa shape index (κ2) is 11.4. The van der Waals surface area contributed by atoms with Crippen molar-refractivity contribution in [2.24, 2.45) is 0 Å². The van der Waals surface area contributed by atoms with Gasteiger partial charge in [-0.3, -0.25) is 13.9 Å². The molecule has 2 amide bonds. The molecular formula is C25H33N3O6S. The number of benzene rings is 2. The van der Waals surface area contributed by atoms with E-state index in [1.165, 1.54) is 11.8 Å². The third-order valence-corrected chi connectivity index (χ3v) is 7.54. The van der Waals surface area contributed by atoms with Crippen molar-refractivity contribution in [1.82, 2.24) is 10.2 Å². The minimum absolute atomic E-state index is 0.0488. The number of rotatable bonds is 11. The summed E-state index contributed by atoms with van der Waals surface area (Å²) in [5, 5.41) is 2.79. The third-order valence-electron chi connectivity index (χ3n) is 5.80. The van der Waals surface area contributed by atoms with Crippen LogP contribution < -0.4 is 19.1 Å². The first-order valence-electron chi connectivity index (χ1n) is 11.7. The molecule has 0 saturated heterocycles. The van der Waals surface area contributed by atoms with Crippen molar-refractivity contribution in [3.05, 3.63) is 53.6 Å². The first kappa shape index (κ1) is 26.3. The lowest BCUT2D eigenvalue weighted by atomic mass is 10.1. The van der Waals surface area contributed by atoms with E-state index in [1.807, 2.05) is 45.0 Å². The maximum Gasteiger partial charge on any atom is 0.244 e. The fraction of sp³-hybridized carbons (Fsp3) is 0.440. The van der Waals surface area contributed by atoms with Crippen molar-refractivity contribution in [3.8, 4) is 11.5 Å². The first-order valence-corrected chi connectivity index (χ1v) is 13.3. The zero-order chi connectivity index (χ0) is 25.6. The molecule has 190 valence electrons. The normalized spacial score (nSPS) is 13.3. The number of likely N-dealkylation sites (N-methyl/N-ethyl adjacent to an activating group) is 1. The summed E-state index contributed by atoms with van der Waals surface area (Å²) in [7, 11) is -3.81. The van der Waals surface area contributed by atoms with Crippen LogP contribution in [0.1, 0.15) is 38.3 Å². The minimum atomic E-state index is -3.81. The molecule has 10 heteroatoms. The molecule has 1 aliphatic rings. The molecule has 0 saturated carbocycles. The number of hydrogen-bond acceptors (Lipinski definition) is 6. The molecule has 3 rings (SSSR count). The van der Waals surface area contributed by atoms with E-state index in [9.17, 15) is 18.0 Å². The zero-order valence-corrected chi connectivity index (χ0v) is 21.4. The number of anilines is 1. The average molecular weight is 504 g/mol. The van der Waals surface area contributed by atoms with Crippen molar-refractivity contribution in [2.45, 2.75) is 46.7 Å². The maximum atomic E-state index is 13.7. The second-order valence-electron chi connectivity index (χ2n) is 8.27. The number of nitrogens with one attached hydrogen (secondary N) is 1. The Bertz CT molecular complexity index is 1170. The smallest absolute Gasteiger partial charge is 0.244 e. The largest absolute Gasteiger partial charge is 0.454 e. The van der Waals surface area contributed by atoms with Gasteiger partial charge in [-0.05, 0) is 44.9 Å². The lowest BCUT2D eigenvalue weighted by molar-refractivity contribution is -0.140. The summed E-state index contributed by atoms with van der Waals surface area (Å²) >= 11 is 0. The topological polar surface area (TPSA) is 105 Å². The Kier molecular flexibility index (Phi) is 8.61. The van der Waals surface area contributed by atoms with Crippen molar-refractivity contribution in [3.63, 3.8) is 0 Å². The summed E-state index contributed by atoms with van der Waals surface area (Å²) in [5.41, 5.74) is 2.18. The van der Waals surface area contributed by atoms with Crippen LogP contribution in [-0.4, -0.2) is 56.8 Å². The van der Waals surface area contributed by atoms with E-state index in [1.54, 1.807) is 18.2 Å². The molecule has 0 radical (unpaired) electrons. The van der Waals surface area contributed by atoms with E-state index < -0.39 is 28.5 Å².